The second-order valence-electron chi connectivity index (χ2n) is 9.22. The Labute approximate surface area is 208 Å². The second kappa shape index (κ2) is 12.1. The number of methoxy groups -OCH3 is 1. The summed E-state index contributed by atoms with van der Waals surface area (Å²) in [6.45, 7) is 10.7. The number of anilines is 1. The smallest absolute Gasteiger partial charge is 0.322 e. The number of para-hydroxylation sites is 1. The molecule has 3 aromatic rings. The highest BCUT2D eigenvalue weighted by atomic mass is 35.5. The van der Waals surface area contributed by atoms with Crippen LogP contribution in [-0.4, -0.2) is 35.8 Å². The van der Waals surface area contributed by atoms with Crippen molar-refractivity contribution >= 4 is 23.3 Å². The lowest BCUT2D eigenvalue weighted by atomic mass is 9.93. The molecular weight excluding hydrogens is 446 g/mol. The molecule has 0 unspecified atom stereocenters. The first-order valence-corrected chi connectivity index (χ1v) is 12.2. The number of hydrogen-bond acceptors (Lipinski definition) is 2. The van der Waals surface area contributed by atoms with Crippen LogP contribution in [0.3, 0.4) is 0 Å². The van der Waals surface area contributed by atoms with Crippen molar-refractivity contribution in [2.45, 2.75) is 52.6 Å². The third kappa shape index (κ3) is 6.64. The quantitative estimate of drug-likeness (QED) is 0.335. The van der Waals surface area contributed by atoms with E-state index in [9.17, 15) is 4.79 Å². The summed E-state index contributed by atoms with van der Waals surface area (Å²) in [6, 6.07) is 18.1. The maximum Gasteiger partial charge on any atom is 0.322 e. The van der Waals surface area contributed by atoms with Gasteiger partial charge in [-0.3, -0.25) is 0 Å². The van der Waals surface area contributed by atoms with Crippen LogP contribution in [-0.2, 0) is 17.8 Å². The minimum atomic E-state index is -0.123. The minimum Gasteiger partial charge on any atom is -0.383 e. The standard InChI is InChI=1S/C28H36ClN3O2/c1-20(2)25-12-7-13-26(21(3)4)27(25)30-28(33)32(15-16-34-5)19-24-11-8-14-31(24)18-22-9-6-10-23(29)17-22/h6-14,17,20-21H,15-16,18-19H2,1-5H3,(H,30,33). The molecule has 0 aliphatic rings. The monoisotopic (exact) mass is 481 g/mol. The number of benzene rings is 2. The predicted octanol–water partition coefficient (Wildman–Crippen LogP) is 7.12. The van der Waals surface area contributed by atoms with Crippen LogP contribution in [0.2, 0.25) is 5.02 Å². The lowest BCUT2D eigenvalue weighted by Crippen LogP contribution is -2.38. The van der Waals surface area contributed by atoms with E-state index in [-0.39, 0.29) is 6.03 Å². The van der Waals surface area contributed by atoms with Crippen molar-refractivity contribution in [3.05, 3.63) is 88.2 Å². The number of carbonyl (C=O) groups excluding carboxylic acids is 1. The maximum atomic E-state index is 13.5. The summed E-state index contributed by atoms with van der Waals surface area (Å²) in [6.07, 6.45) is 2.04. The zero-order chi connectivity index (χ0) is 24.7. The molecule has 2 aromatic carbocycles. The van der Waals surface area contributed by atoms with Gasteiger partial charge < -0.3 is 19.5 Å². The molecule has 1 N–H and O–H groups in total. The molecule has 5 nitrogen and oxygen atoms in total. The van der Waals surface area contributed by atoms with Gasteiger partial charge in [0.15, 0.2) is 0 Å². The zero-order valence-corrected chi connectivity index (χ0v) is 21.6. The molecule has 34 heavy (non-hydrogen) atoms. The summed E-state index contributed by atoms with van der Waals surface area (Å²) in [5, 5.41) is 3.96. The lowest BCUT2D eigenvalue weighted by molar-refractivity contribution is 0.151. The van der Waals surface area contributed by atoms with Gasteiger partial charge in [0.2, 0.25) is 0 Å². The summed E-state index contributed by atoms with van der Waals surface area (Å²) >= 11 is 6.17. The first kappa shape index (κ1) is 25.9. The van der Waals surface area contributed by atoms with E-state index in [1.54, 1.807) is 7.11 Å². The fourth-order valence-corrected chi connectivity index (χ4v) is 4.32. The maximum absolute atomic E-state index is 13.5. The highest BCUT2D eigenvalue weighted by Gasteiger charge is 2.20. The van der Waals surface area contributed by atoms with Crippen molar-refractivity contribution in [2.24, 2.45) is 0 Å². The average molecular weight is 482 g/mol. The van der Waals surface area contributed by atoms with Crippen molar-refractivity contribution in [1.82, 2.24) is 9.47 Å². The van der Waals surface area contributed by atoms with E-state index in [2.05, 4.69) is 67.9 Å². The summed E-state index contributed by atoms with van der Waals surface area (Å²) in [5.41, 5.74) is 5.39. The normalized spacial score (nSPS) is 11.3. The number of ether oxygens (including phenoxy) is 1. The molecule has 0 aliphatic heterocycles. The Balaban J connectivity index is 1.84. The largest absolute Gasteiger partial charge is 0.383 e. The van der Waals surface area contributed by atoms with Gasteiger partial charge >= 0.3 is 6.03 Å². The van der Waals surface area contributed by atoms with Crippen LogP contribution in [0.25, 0.3) is 0 Å². The van der Waals surface area contributed by atoms with E-state index in [0.717, 1.165) is 33.1 Å². The van der Waals surface area contributed by atoms with Crippen LogP contribution in [0.15, 0.2) is 60.8 Å². The third-order valence-corrected chi connectivity index (χ3v) is 6.21. The van der Waals surface area contributed by atoms with Crippen LogP contribution in [0.5, 0.6) is 0 Å². The molecule has 0 atom stereocenters. The molecule has 1 heterocycles. The Morgan fingerprint density at radius 2 is 1.71 bits per heavy atom. The van der Waals surface area contributed by atoms with Gasteiger partial charge in [-0.2, -0.15) is 0 Å². The number of nitrogens with zero attached hydrogens (tertiary/aromatic N) is 2. The summed E-state index contributed by atoms with van der Waals surface area (Å²) in [5.74, 6) is 0.604. The number of amides is 2. The van der Waals surface area contributed by atoms with Gasteiger partial charge in [-0.1, -0.05) is 69.6 Å². The molecule has 0 bridgehead atoms. The number of nitrogens with one attached hydrogen (secondary N) is 1. The number of aromatic nitrogens is 1. The van der Waals surface area contributed by atoms with Gasteiger partial charge in [-0.25, -0.2) is 4.79 Å². The fourth-order valence-electron chi connectivity index (χ4n) is 4.11. The van der Waals surface area contributed by atoms with Crippen molar-refractivity contribution in [1.29, 1.82) is 0 Å². The first-order chi connectivity index (χ1) is 16.3. The highest BCUT2D eigenvalue weighted by molar-refractivity contribution is 6.30. The molecule has 2 amide bonds. The average Bonchev–Trinajstić information content (AvgIpc) is 3.22. The summed E-state index contributed by atoms with van der Waals surface area (Å²) in [4.78, 5) is 15.4. The molecule has 0 fully saturated rings. The SMILES string of the molecule is COCCN(Cc1cccn1Cc1cccc(Cl)c1)C(=O)Nc1c(C(C)C)cccc1C(C)C. The molecule has 182 valence electrons. The Kier molecular flexibility index (Phi) is 9.20. The molecule has 3 rings (SSSR count). The second-order valence-corrected chi connectivity index (χ2v) is 9.66. The number of carbonyl (C=O) groups is 1. The Hall–Kier alpha value is -2.76. The number of rotatable bonds is 10. The number of hydrogen-bond donors (Lipinski definition) is 1. The Bertz CT molecular complexity index is 1060. The van der Waals surface area contributed by atoms with Crippen LogP contribution in [0.1, 0.15) is 61.9 Å². The highest BCUT2D eigenvalue weighted by Crippen LogP contribution is 2.32. The van der Waals surface area contributed by atoms with Crippen molar-refractivity contribution < 1.29 is 9.53 Å². The Morgan fingerprint density at radius 3 is 2.32 bits per heavy atom. The molecule has 0 saturated carbocycles. The summed E-state index contributed by atoms with van der Waals surface area (Å²) in [7, 11) is 1.66. The van der Waals surface area contributed by atoms with Crippen molar-refractivity contribution in [3.8, 4) is 0 Å². The molecule has 6 heteroatoms. The van der Waals surface area contributed by atoms with E-state index in [1.807, 2.05) is 35.4 Å². The van der Waals surface area contributed by atoms with Crippen LogP contribution in [0, 0.1) is 0 Å². The first-order valence-electron chi connectivity index (χ1n) is 11.9. The number of halogens is 1. The third-order valence-electron chi connectivity index (χ3n) is 5.98. The van der Waals surface area contributed by atoms with E-state index in [1.165, 1.54) is 0 Å². The molecular formula is C28H36ClN3O2. The minimum absolute atomic E-state index is 0.123. The molecule has 0 spiro atoms. The van der Waals surface area contributed by atoms with Crippen LogP contribution >= 0.6 is 11.6 Å². The molecule has 1 aromatic heterocycles. The lowest BCUT2D eigenvalue weighted by Gasteiger charge is -2.26. The van der Waals surface area contributed by atoms with Crippen LogP contribution < -0.4 is 5.32 Å². The molecule has 0 radical (unpaired) electrons. The summed E-state index contributed by atoms with van der Waals surface area (Å²) < 4.78 is 7.46. The zero-order valence-electron chi connectivity index (χ0n) is 20.8. The topological polar surface area (TPSA) is 46.5 Å². The van der Waals surface area contributed by atoms with Crippen molar-refractivity contribution in [2.75, 3.05) is 25.6 Å². The fraction of sp³-hybridized carbons (Fsp3) is 0.393. The molecule has 0 saturated heterocycles. The number of urea groups is 1. The predicted molar refractivity (Wildman–Crippen MR) is 141 cm³/mol. The van der Waals surface area contributed by atoms with Crippen molar-refractivity contribution in [3.63, 3.8) is 0 Å². The van der Waals surface area contributed by atoms with Gasteiger partial charge in [0, 0.05) is 42.8 Å². The van der Waals surface area contributed by atoms with Crippen LogP contribution in [0.4, 0.5) is 10.5 Å². The van der Waals surface area contributed by atoms with Gasteiger partial charge in [0.1, 0.15) is 0 Å². The van der Waals surface area contributed by atoms with E-state index in [4.69, 9.17) is 16.3 Å². The van der Waals surface area contributed by atoms with E-state index < -0.39 is 0 Å². The van der Waals surface area contributed by atoms with Gasteiger partial charge in [0.05, 0.1) is 13.2 Å². The van der Waals surface area contributed by atoms with Gasteiger partial charge in [0.25, 0.3) is 0 Å². The van der Waals surface area contributed by atoms with E-state index in [0.29, 0.717) is 38.1 Å². The molecule has 0 aliphatic carbocycles. The Morgan fingerprint density at radius 1 is 1.03 bits per heavy atom. The van der Waals surface area contributed by atoms with Gasteiger partial charge in [-0.05, 0) is 52.8 Å². The van der Waals surface area contributed by atoms with Gasteiger partial charge in [-0.15, -0.1) is 0 Å². The van der Waals surface area contributed by atoms with E-state index >= 15 is 0 Å².